The predicted molar refractivity (Wildman–Crippen MR) is 409 cm³/mol. The zero-order valence-corrected chi connectivity index (χ0v) is 62.5. The molecule has 3 saturated carbocycles. The van der Waals surface area contributed by atoms with E-state index in [2.05, 4.69) is 48.3 Å². The first-order valence-corrected chi connectivity index (χ1v) is 37.4. The van der Waals surface area contributed by atoms with Gasteiger partial charge >= 0.3 is 5.92 Å². The Morgan fingerprint density at radius 3 is 1.35 bits per heavy atom. The second-order valence-corrected chi connectivity index (χ2v) is 29.1. The number of alkyl halides is 4. The quantitative estimate of drug-likeness (QED) is 0.0365. The van der Waals surface area contributed by atoms with Gasteiger partial charge in [-0.1, -0.05) is 42.5 Å². The van der Waals surface area contributed by atoms with E-state index in [1.807, 2.05) is 93.2 Å². The maximum atomic E-state index is 14.7. The fourth-order valence-corrected chi connectivity index (χ4v) is 14.6. The van der Waals surface area contributed by atoms with Crippen molar-refractivity contribution in [3.63, 3.8) is 0 Å². The van der Waals surface area contributed by atoms with Gasteiger partial charge in [0, 0.05) is 124 Å². The molecule has 0 radical (unpaired) electrons. The van der Waals surface area contributed by atoms with Crippen molar-refractivity contribution in [2.24, 2.45) is 31.8 Å². The highest BCUT2D eigenvalue weighted by molar-refractivity contribution is 5.97. The standard InChI is InChI=1S/C29H27FN4O4.C28H28FN5O4.C27H26F2N6O4/c30-25-16-34(28(36)17-35)10-8-27(25)38-26-7-6-19(11-21(26)14-31)18-3-1-5-22(12-18)33-29(37)24-13-23(24)20-4-2-9-32-15-20;1-33-14-20(13-31-33)22-11-23(22)28(37)32-21-4-2-3-17(10-21)18-5-6-25(19(9-18)12-30)38-26-7-8-34(15-24(26)29)27(36)16-35;1-34-13-18(12-32-34)20-10-21(20)26(38)33-19-4-6-31-22(9-19)16-2-3-23(17(8-16)11-30)39-24-5-7-35(25(37)14-36)15-27(24,28)29/h1-7,9,11-12,15,23-25,27,35H,8,10,13,16-17H2,(H,33,37);2-6,9-10,13-14,22-24,26,35H,7-8,11,15-16H2,1H3,(H,32,37);2-4,6,8-9,12-13,20-21,24,36H,5,7,10,14-15H2,1H3,(H,31,33,38)/t23-,24+,25+,27-;22-,23+,24-,26+;20-,21+,24-/m010/s1. The van der Waals surface area contributed by atoms with Crippen LogP contribution in [0.5, 0.6) is 17.2 Å². The van der Waals surface area contributed by atoms with Crippen LogP contribution in [-0.4, -0.2) is 191 Å². The molecule has 5 aromatic carbocycles. The molecule has 31 heteroatoms. The summed E-state index contributed by atoms with van der Waals surface area (Å²) in [5, 5.41) is 73.3. The van der Waals surface area contributed by atoms with E-state index in [4.69, 9.17) is 29.5 Å². The summed E-state index contributed by atoms with van der Waals surface area (Å²) in [4.78, 5) is 85.1. The van der Waals surface area contributed by atoms with Crippen molar-refractivity contribution in [2.45, 2.75) is 92.9 Å². The van der Waals surface area contributed by atoms with Crippen molar-refractivity contribution in [2.75, 3.05) is 75.0 Å². The number of aliphatic hydroxyl groups excluding tert-OH is 3. The number of aliphatic hydroxyl groups is 3. The molecule has 7 heterocycles. The van der Waals surface area contributed by atoms with E-state index in [9.17, 15) is 62.1 Å². The summed E-state index contributed by atoms with van der Waals surface area (Å²) in [6.45, 7) is -2.80. The number of nitrogens with zero attached hydrogens (tertiary/aromatic N) is 12. The molecule has 9 aromatic rings. The number of anilines is 3. The van der Waals surface area contributed by atoms with E-state index < -0.39 is 80.7 Å². The van der Waals surface area contributed by atoms with E-state index in [1.165, 1.54) is 28.1 Å². The number of hydrogen-bond acceptors (Lipinski definition) is 19. The molecule has 0 spiro atoms. The van der Waals surface area contributed by atoms with Crippen LogP contribution >= 0.6 is 0 Å². The normalized spacial score (nSPS) is 22.1. The Morgan fingerprint density at radius 2 is 0.922 bits per heavy atom. The molecule has 27 nitrogen and oxygen atoms in total. The molecule has 3 aliphatic heterocycles. The zero-order chi connectivity index (χ0) is 81.2. The highest BCUT2D eigenvalue weighted by Crippen LogP contribution is 2.50. The predicted octanol–water partition coefficient (Wildman–Crippen LogP) is 9.39. The topological polar surface area (TPSA) is 369 Å². The van der Waals surface area contributed by atoms with Gasteiger partial charge in [-0.15, -0.1) is 0 Å². The third-order valence-electron chi connectivity index (χ3n) is 21.1. The number of carbonyl (C=O) groups excluding carboxylic acids is 6. The van der Waals surface area contributed by atoms with Crippen molar-refractivity contribution in [1.29, 1.82) is 15.8 Å². The molecule has 3 aliphatic carbocycles. The second kappa shape index (κ2) is 35.4. The van der Waals surface area contributed by atoms with Gasteiger partial charge in [-0.25, -0.2) is 17.6 Å². The lowest BCUT2D eigenvalue weighted by Crippen LogP contribution is -2.55. The van der Waals surface area contributed by atoms with Crippen LogP contribution < -0.4 is 30.2 Å². The molecule has 11 atom stereocenters. The van der Waals surface area contributed by atoms with Gasteiger partial charge in [-0.3, -0.25) is 48.1 Å². The van der Waals surface area contributed by atoms with Crippen LogP contribution in [0.3, 0.4) is 0 Å². The van der Waals surface area contributed by atoms with E-state index in [-0.39, 0.29) is 139 Å². The third kappa shape index (κ3) is 19.4. The van der Waals surface area contributed by atoms with Crippen molar-refractivity contribution >= 4 is 52.5 Å². The molecule has 6 amide bonds. The number of pyridine rings is 2. The summed E-state index contributed by atoms with van der Waals surface area (Å²) in [6, 6.07) is 42.9. The van der Waals surface area contributed by atoms with Crippen LogP contribution in [0, 0.1) is 51.7 Å². The number of aromatic nitrogens is 6. The second-order valence-electron chi connectivity index (χ2n) is 29.1. The van der Waals surface area contributed by atoms with Gasteiger partial charge in [0.15, 0.2) is 18.4 Å². The molecule has 3 saturated heterocycles. The number of rotatable bonds is 21. The Hall–Kier alpha value is -12.9. The van der Waals surface area contributed by atoms with Gasteiger partial charge in [0.25, 0.3) is 0 Å². The average Bonchev–Trinajstić information content (AvgIpc) is 1.63. The molecule has 4 aromatic heterocycles. The largest absolute Gasteiger partial charge is 0.486 e. The maximum Gasteiger partial charge on any atom is 0.301 e. The van der Waals surface area contributed by atoms with Crippen LogP contribution in [-0.2, 0) is 42.9 Å². The average molecular weight is 1570 g/mol. The lowest BCUT2D eigenvalue weighted by molar-refractivity contribution is -0.161. The lowest BCUT2D eigenvalue weighted by atomic mass is 10.0. The maximum absolute atomic E-state index is 14.7. The third-order valence-corrected chi connectivity index (χ3v) is 21.1. The SMILES string of the molecule is Cn1cc([C@@H]2C[C@H]2C(=O)Nc2ccnc(-c3ccc(O[C@H]4CCN(C(=O)CO)CC4(F)F)c(C#N)c3)c2)cn1.Cn1cc([C@H]2C[C@@H]2C(=O)Nc2cccc(-c3ccc(O[C@H]4CCN(C(=O)CO)C[C@H]4F)c(C#N)c3)c2)cn1.N#Cc1cc(-c2cccc(NC(=O)[C@@H]3C[C@H]3c3cccnc3)c2)ccc1O[C@H]1CCN(C(=O)CO)C[C@H]1F. The van der Waals surface area contributed by atoms with Gasteiger partial charge in [-0.2, -0.15) is 26.0 Å². The van der Waals surface area contributed by atoms with Crippen molar-refractivity contribution in [3.8, 4) is 69.0 Å². The van der Waals surface area contributed by atoms with Crippen LogP contribution in [0.15, 0.2) is 171 Å². The number of ether oxygens (including phenoxy) is 3. The number of halogens is 4. The van der Waals surface area contributed by atoms with Gasteiger partial charge in [0.05, 0.1) is 54.4 Å². The van der Waals surface area contributed by atoms with Crippen LogP contribution in [0.2, 0.25) is 0 Å². The number of nitriles is 3. The molecule has 6 N–H and O–H groups in total. The smallest absolute Gasteiger partial charge is 0.301 e. The fourth-order valence-electron chi connectivity index (χ4n) is 14.6. The number of nitrogens with one attached hydrogen (secondary N) is 3. The first-order valence-electron chi connectivity index (χ1n) is 37.4. The number of amides is 6. The van der Waals surface area contributed by atoms with E-state index in [1.54, 1.807) is 88.7 Å². The molecule has 6 fully saturated rings. The van der Waals surface area contributed by atoms with Crippen molar-refractivity contribution in [3.05, 3.63) is 204 Å². The summed E-state index contributed by atoms with van der Waals surface area (Å²) in [7, 11) is 3.69. The number of aryl methyl sites for hydroxylation is 2. The van der Waals surface area contributed by atoms with Gasteiger partial charge < -0.3 is 60.2 Å². The Bertz CT molecular complexity index is 5240. The summed E-state index contributed by atoms with van der Waals surface area (Å²) < 4.78 is 79.4. The minimum Gasteiger partial charge on any atom is -0.486 e. The fraction of sp³-hybridized carbons (Fsp3) is 0.345. The minimum atomic E-state index is -3.36. The Kier molecular flexibility index (Phi) is 24.7. The Labute approximate surface area is 658 Å². The van der Waals surface area contributed by atoms with Crippen LogP contribution in [0.4, 0.5) is 34.6 Å². The molecule has 592 valence electrons. The summed E-state index contributed by atoms with van der Waals surface area (Å²) >= 11 is 0. The molecule has 15 rings (SSSR count). The van der Waals surface area contributed by atoms with Gasteiger partial charge in [-0.05, 0) is 161 Å². The highest BCUT2D eigenvalue weighted by atomic mass is 19.3. The minimum absolute atomic E-state index is 0.00585. The summed E-state index contributed by atoms with van der Waals surface area (Å²) in [6.07, 6.45) is 9.15. The Balaban J connectivity index is 0.000000150. The number of piperidine rings is 3. The Morgan fingerprint density at radius 1 is 0.496 bits per heavy atom. The van der Waals surface area contributed by atoms with Crippen LogP contribution in [0.25, 0.3) is 33.5 Å². The highest BCUT2D eigenvalue weighted by Gasteiger charge is 2.49. The lowest BCUT2D eigenvalue weighted by Gasteiger charge is -2.38. The molecule has 115 heavy (non-hydrogen) atoms. The van der Waals surface area contributed by atoms with Gasteiger partial charge in [0.1, 0.15) is 67.5 Å². The first kappa shape index (κ1) is 80.2. The molecular formula is C84H81F4N15O12. The molecule has 0 unspecified atom stereocenters. The summed E-state index contributed by atoms with van der Waals surface area (Å²) in [5.41, 5.74) is 9.75. The van der Waals surface area contributed by atoms with E-state index >= 15 is 0 Å². The number of hydrogen-bond donors (Lipinski definition) is 6. The number of benzene rings is 5. The number of likely N-dealkylation sites (tertiary alicyclic amines) is 3. The van der Waals surface area contributed by atoms with E-state index in [0.717, 1.165) is 63.1 Å². The van der Waals surface area contributed by atoms with Crippen LogP contribution in [0.1, 0.15) is 89.7 Å². The zero-order valence-electron chi connectivity index (χ0n) is 62.5. The number of carbonyl (C=O) groups is 6. The molecular weight excluding hydrogens is 1490 g/mol. The molecule has 6 aliphatic rings. The van der Waals surface area contributed by atoms with Crippen molar-refractivity contribution in [1.82, 2.24) is 44.2 Å². The summed E-state index contributed by atoms with van der Waals surface area (Å²) in [5.74, 6) is -4.61. The monoisotopic (exact) mass is 1570 g/mol. The first-order chi connectivity index (χ1) is 55.5. The van der Waals surface area contributed by atoms with Gasteiger partial charge in [0.2, 0.25) is 35.4 Å². The molecule has 0 bridgehead atoms. The van der Waals surface area contributed by atoms with E-state index in [0.29, 0.717) is 28.3 Å². The van der Waals surface area contributed by atoms with Crippen molar-refractivity contribution < 1.29 is 75.9 Å².